The number of β-lactam (4-membered cyclic amide) rings is 1. The molecule has 1 aliphatic rings. The van der Waals surface area contributed by atoms with Gasteiger partial charge in [-0.3, -0.25) is 4.79 Å². The van der Waals surface area contributed by atoms with Crippen LogP contribution in [0.2, 0.25) is 0 Å². The summed E-state index contributed by atoms with van der Waals surface area (Å²) in [5, 5.41) is 0. The summed E-state index contributed by atoms with van der Waals surface area (Å²) in [6.07, 6.45) is 0. The first-order valence-corrected chi connectivity index (χ1v) is 8.78. The lowest BCUT2D eigenvalue weighted by Gasteiger charge is -2.48. The van der Waals surface area contributed by atoms with Gasteiger partial charge in [-0.05, 0) is 55.8 Å². The maximum atomic E-state index is 13.2. The number of aromatic nitrogens is 1. The van der Waals surface area contributed by atoms with Gasteiger partial charge < -0.3 is 14.2 Å². The second-order valence-electron chi connectivity index (χ2n) is 6.69. The van der Waals surface area contributed by atoms with Gasteiger partial charge in [0.1, 0.15) is 11.8 Å². The third kappa shape index (κ3) is 2.49. The second kappa shape index (κ2) is 6.37. The molecule has 3 aromatic rings. The number of ether oxygens (including phenoxy) is 1. The SMILES string of the molecule is COc1ccc(N2C(=O)[C@@H](n3c(C)ccc3C)[C@@H]2c2ccccc2)cc1. The summed E-state index contributed by atoms with van der Waals surface area (Å²) in [5.41, 5.74) is 4.25. The summed E-state index contributed by atoms with van der Waals surface area (Å²) in [5.74, 6) is 0.901. The van der Waals surface area contributed by atoms with E-state index in [1.165, 1.54) is 0 Å². The first-order chi connectivity index (χ1) is 12.6. The Labute approximate surface area is 153 Å². The monoisotopic (exact) mass is 346 g/mol. The molecule has 0 N–H and O–H groups in total. The molecule has 0 saturated carbocycles. The Balaban J connectivity index is 1.78. The summed E-state index contributed by atoms with van der Waals surface area (Å²) < 4.78 is 7.40. The van der Waals surface area contributed by atoms with Crippen molar-refractivity contribution in [2.24, 2.45) is 0 Å². The molecule has 0 aliphatic carbocycles. The molecule has 1 aromatic heterocycles. The van der Waals surface area contributed by atoms with Crippen LogP contribution in [0, 0.1) is 13.8 Å². The summed E-state index contributed by atoms with van der Waals surface area (Å²) in [6, 6.07) is 21.8. The van der Waals surface area contributed by atoms with Crippen molar-refractivity contribution in [2.45, 2.75) is 25.9 Å². The number of carbonyl (C=O) groups is 1. The van der Waals surface area contributed by atoms with Gasteiger partial charge in [-0.2, -0.15) is 0 Å². The lowest BCUT2D eigenvalue weighted by atomic mass is 9.87. The number of aryl methyl sites for hydroxylation is 2. The van der Waals surface area contributed by atoms with Crippen LogP contribution in [-0.4, -0.2) is 17.6 Å². The third-order valence-electron chi connectivity index (χ3n) is 5.16. The van der Waals surface area contributed by atoms with E-state index >= 15 is 0 Å². The molecule has 4 nitrogen and oxygen atoms in total. The zero-order chi connectivity index (χ0) is 18.3. The van der Waals surface area contributed by atoms with Crippen molar-refractivity contribution in [3.8, 4) is 5.75 Å². The van der Waals surface area contributed by atoms with Gasteiger partial charge in [0.05, 0.1) is 13.2 Å². The van der Waals surface area contributed by atoms with Gasteiger partial charge >= 0.3 is 0 Å². The van der Waals surface area contributed by atoms with Crippen LogP contribution in [-0.2, 0) is 4.79 Å². The number of rotatable bonds is 4. The fourth-order valence-corrected chi connectivity index (χ4v) is 3.86. The Hall–Kier alpha value is -3.01. The summed E-state index contributed by atoms with van der Waals surface area (Å²) in [6.45, 7) is 4.11. The molecule has 26 heavy (non-hydrogen) atoms. The fraction of sp³-hybridized carbons (Fsp3) is 0.227. The highest BCUT2D eigenvalue weighted by atomic mass is 16.5. The van der Waals surface area contributed by atoms with Gasteiger partial charge in [0.15, 0.2) is 0 Å². The number of hydrogen-bond donors (Lipinski definition) is 0. The highest BCUT2D eigenvalue weighted by molar-refractivity contribution is 6.04. The van der Waals surface area contributed by atoms with Crippen LogP contribution in [0.5, 0.6) is 5.75 Å². The molecule has 0 bridgehead atoms. The van der Waals surface area contributed by atoms with Crippen LogP contribution in [0.3, 0.4) is 0 Å². The Morgan fingerprint density at radius 1 is 0.808 bits per heavy atom. The van der Waals surface area contributed by atoms with Crippen LogP contribution >= 0.6 is 0 Å². The molecule has 0 spiro atoms. The Bertz CT molecular complexity index is 909. The van der Waals surface area contributed by atoms with E-state index in [0.717, 1.165) is 28.4 Å². The van der Waals surface area contributed by atoms with Crippen LogP contribution in [0.1, 0.15) is 29.0 Å². The minimum atomic E-state index is -0.213. The smallest absolute Gasteiger partial charge is 0.253 e. The summed E-state index contributed by atoms with van der Waals surface area (Å²) >= 11 is 0. The first kappa shape index (κ1) is 16.5. The molecule has 0 radical (unpaired) electrons. The number of carbonyl (C=O) groups excluding carboxylic acids is 1. The van der Waals surface area contributed by atoms with E-state index in [9.17, 15) is 4.79 Å². The number of methoxy groups -OCH3 is 1. The molecule has 2 aromatic carbocycles. The van der Waals surface area contributed by atoms with Crippen molar-refractivity contribution in [1.29, 1.82) is 0 Å². The van der Waals surface area contributed by atoms with Gasteiger partial charge in [-0.25, -0.2) is 0 Å². The maximum Gasteiger partial charge on any atom is 0.253 e. The highest BCUT2D eigenvalue weighted by Crippen LogP contribution is 2.47. The quantitative estimate of drug-likeness (QED) is 0.655. The molecular weight excluding hydrogens is 324 g/mol. The highest BCUT2D eigenvalue weighted by Gasteiger charge is 2.50. The van der Waals surface area contributed by atoms with E-state index in [1.807, 2.05) is 47.4 Å². The summed E-state index contributed by atoms with van der Waals surface area (Å²) in [7, 11) is 1.64. The van der Waals surface area contributed by atoms with Crippen molar-refractivity contribution in [1.82, 2.24) is 4.57 Å². The second-order valence-corrected chi connectivity index (χ2v) is 6.69. The lowest BCUT2D eigenvalue weighted by Crippen LogP contribution is -2.56. The molecule has 0 unspecified atom stereocenters. The van der Waals surface area contributed by atoms with Crippen molar-refractivity contribution in [3.05, 3.63) is 83.7 Å². The summed E-state index contributed by atoms with van der Waals surface area (Å²) in [4.78, 5) is 15.1. The number of benzene rings is 2. The van der Waals surface area contributed by atoms with E-state index in [2.05, 4.69) is 42.7 Å². The molecule has 2 heterocycles. The van der Waals surface area contributed by atoms with E-state index < -0.39 is 0 Å². The maximum absolute atomic E-state index is 13.2. The predicted molar refractivity (Wildman–Crippen MR) is 103 cm³/mol. The van der Waals surface area contributed by atoms with Crippen LogP contribution in [0.25, 0.3) is 0 Å². The molecule has 1 aliphatic heterocycles. The Morgan fingerprint density at radius 2 is 1.42 bits per heavy atom. The van der Waals surface area contributed by atoms with E-state index in [0.29, 0.717) is 0 Å². The van der Waals surface area contributed by atoms with E-state index in [-0.39, 0.29) is 18.0 Å². The van der Waals surface area contributed by atoms with Crippen LogP contribution < -0.4 is 9.64 Å². The van der Waals surface area contributed by atoms with Crippen molar-refractivity contribution < 1.29 is 9.53 Å². The zero-order valence-electron chi connectivity index (χ0n) is 15.2. The van der Waals surface area contributed by atoms with E-state index in [4.69, 9.17) is 4.74 Å². The average Bonchev–Trinajstić information content (AvgIpc) is 2.99. The number of nitrogens with zero attached hydrogens (tertiary/aromatic N) is 2. The lowest BCUT2D eigenvalue weighted by molar-refractivity contribution is -0.129. The van der Waals surface area contributed by atoms with Gasteiger partial charge in [0.25, 0.3) is 5.91 Å². The molecule has 1 amide bonds. The molecule has 1 saturated heterocycles. The zero-order valence-corrected chi connectivity index (χ0v) is 15.2. The predicted octanol–water partition coefficient (Wildman–Crippen LogP) is 4.44. The third-order valence-corrected chi connectivity index (χ3v) is 5.16. The number of hydrogen-bond acceptors (Lipinski definition) is 2. The minimum Gasteiger partial charge on any atom is -0.497 e. The molecule has 2 atom stereocenters. The van der Waals surface area contributed by atoms with Gasteiger partial charge in [0.2, 0.25) is 0 Å². The van der Waals surface area contributed by atoms with Gasteiger partial charge in [-0.1, -0.05) is 30.3 Å². The largest absolute Gasteiger partial charge is 0.497 e. The van der Waals surface area contributed by atoms with E-state index in [1.54, 1.807) is 7.11 Å². The Kier molecular flexibility index (Phi) is 4.03. The van der Waals surface area contributed by atoms with Crippen LogP contribution in [0.4, 0.5) is 5.69 Å². The minimum absolute atomic E-state index is 0.0260. The molecular formula is C22H22N2O2. The molecule has 1 fully saturated rings. The van der Waals surface area contributed by atoms with Crippen molar-refractivity contribution in [3.63, 3.8) is 0 Å². The van der Waals surface area contributed by atoms with Crippen LogP contribution in [0.15, 0.2) is 66.7 Å². The molecule has 4 heteroatoms. The van der Waals surface area contributed by atoms with Gasteiger partial charge in [-0.15, -0.1) is 0 Å². The normalized spacial score (nSPS) is 19.3. The number of amides is 1. The molecule has 132 valence electrons. The topological polar surface area (TPSA) is 34.5 Å². The number of anilines is 1. The standard InChI is InChI=1S/C22H22N2O2/c1-15-9-10-16(2)23(15)21-20(17-7-5-4-6-8-17)24(22(21)25)18-11-13-19(26-3)14-12-18/h4-14,20-21H,1-3H3/t20-,21-/m0/s1. The van der Waals surface area contributed by atoms with Crippen molar-refractivity contribution >= 4 is 11.6 Å². The Morgan fingerprint density at radius 3 is 2.00 bits per heavy atom. The average molecular weight is 346 g/mol. The molecule has 4 rings (SSSR count). The van der Waals surface area contributed by atoms with Gasteiger partial charge in [0, 0.05) is 17.1 Å². The first-order valence-electron chi connectivity index (χ1n) is 8.78. The fourth-order valence-electron chi connectivity index (χ4n) is 3.86. The van der Waals surface area contributed by atoms with Crippen molar-refractivity contribution in [2.75, 3.05) is 12.0 Å².